The minimum absolute atomic E-state index is 0.0388. The Morgan fingerprint density at radius 1 is 0.595 bits per heavy atom. The van der Waals surface area contributed by atoms with E-state index in [9.17, 15) is 29.4 Å². The Morgan fingerprint density at radius 3 is 1.14 bits per heavy atom. The zero-order valence-corrected chi connectivity index (χ0v) is 29.4. The molecular weight excluding hydrogens is 655 g/mol. The molecule has 2 atom stereocenters. The van der Waals surface area contributed by atoms with Crippen LogP contribution in [0.4, 0.5) is 0 Å². The summed E-state index contributed by atoms with van der Waals surface area (Å²) in [5, 5.41) is 19.3. The molecule has 0 aromatic heterocycles. The summed E-state index contributed by atoms with van der Waals surface area (Å²) in [4.78, 5) is 41.3. The number of carboxylic acids is 2. The predicted molar refractivity (Wildman–Crippen MR) is 164 cm³/mol. The molecule has 0 fully saturated rings. The van der Waals surface area contributed by atoms with Crippen LogP contribution in [0.3, 0.4) is 0 Å². The average molecular weight is 704 g/mol. The minimum atomic E-state index is -1.05. The Kier molecular flexibility index (Phi) is 33.4. The summed E-state index contributed by atoms with van der Waals surface area (Å²) in [6.07, 6.45) is 11.3. The molecule has 0 spiro atoms. The molecule has 0 amide bonds. The third-order valence-corrected chi connectivity index (χ3v) is 9.92. The molecule has 0 aromatic rings. The van der Waals surface area contributed by atoms with Crippen molar-refractivity contribution in [2.75, 3.05) is 0 Å². The number of aliphatic carboxylic acids is 2. The second-order valence-corrected chi connectivity index (χ2v) is 16.3. The van der Waals surface area contributed by atoms with E-state index >= 15 is 0 Å². The Balaban J connectivity index is -0.000000471. The summed E-state index contributed by atoms with van der Waals surface area (Å²) in [6.45, 7) is 8.79. The van der Waals surface area contributed by atoms with E-state index < -0.39 is 43.6 Å². The number of unbranched alkanes of at least 4 members (excludes halogenated alkanes) is 4. The first-order valence-electron chi connectivity index (χ1n) is 13.1. The molecule has 11 heteroatoms. The van der Waals surface area contributed by atoms with Gasteiger partial charge in [-0.05, 0) is 24.7 Å². The molecule has 0 rings (SSSR count). The van der Waals surface area contributed by atoms with E-state index in [2.05, 4.69) is 78.2 Å². The van der Waals surface area contributed by atoms with Crippen molar-refractivity contribution in [1.29, 1.82) is 0 Å². The normalized spacial score (nSPS) is 11.9. The SMILES string of the molecule is CC(C)CCCCCC(S)C(=O)[O-].CC(C)CCCCCC(S)C(=O)[O-].O=C(S)C[CH2][Sn+2][CH2]CC(=O)S. The summed E-state index contributed by atoms with van der Waals surface area (Å²) < 4.78 is 1.99. The van der Waals surface area contributed by atoms with E-state index in [-0.39, 0.29) is 10.2 Å². The molecule has 0 aromatic carbocycles. The monoisotopic (exact) mass is 704 g/mol. The van der Waals surface area contributed by atoms with E-state index in [1.54, 1.807) is 0 Å². The van der Waals surface area contributed by atoms with E-state index in [0.717, 1.165) is 46.4 Å². The van der Waals surface area contributed by atoms with Gasteiger partial charge in [-0.1, -0.05) is 79.1 Å². The Hall–Kier alpha value is 0.479. The van der Waals surface area contributed by atoms with Gasteiger partial charge in [0.25, 0.3) is 0 Å². The molecule has 0 bridgehead atoms. The number of carboxylic acid groups (broad SMARTS) is 2. The van der Waals surface area contributed by atoms with Crippen LogP contribution < -0.4 is 10.2 Å². The molecule has 6 nitrogen and oxygen atoms in total. The summed E-state index contributed by atoms with van der Waals surface area (Å²) >= 11 is 14.6. The van der Waals surface area contributed by atoms with Gasteiger partial charge in [0.1, 0.15) is 0 Å². The summed E-state index contributed by atoms with van der Waals surface area (Å²) in [7, 11) is 0. The molecule has 0 N–H and O–H groups in total. The van der Waals surface area contributed by atoms with Crippen molar-refractivity contribution in [2.24, 2.45) is 11.8 Å². The molecule has 0 aliphatic rings. The van der Waals surface area contributed by atoms with Crippen molar-refractivity contribution in [3.63, 3.8) is 0 Å². The van der Waals surface area contributed by atoms with Gasteiger partial charge in [0.15, 0.2) is 0 Å². The Morgan fingerprint density at radius 2 is 0.892 bits per heavy atom. The quantitative estimate of drug-likeness (QED) is 0.0845. The van der Waals surface area contributed by atoms with Gasteiger partial charge < -0.3 is 19.8 Å². The van der Waals surface area contributed by atoms with E-state index in [1.165, 1.54) is 25.7 Å². The van der Waals surface area contributed by atoms with Crippen LogP contribution in [0.5, 0.6) is 0 Å². The van der Waals surface area contributed by atoms with Crippen molar-refractivity contribution in [1.82, 2.24) is 0 Å². The molecule has 37 heavy (non-hydrogen) atoms. The molecular formula is C26H48O6S4Sn. The summed E-state index contributed by atoms with van der Waals surface area (Å²) in [5.41, 5.74) is 0. The number of hydrogen-bond donors (Lipinski definition) is 4. The summed E-state index contributed by atoms with van der Waals surface area (Å²) in [6, 6.07) is 0. The topological polar surface area (TPSA) is 114 Å². The first-order chi connectivity index (χ1) is 17.2. The van der Waals surface area contributed by atoms with Gasteiger partial charge in [-0.25, -0.2) is 0 Å². The fourth-order valence-electron chi connectivity index (χ4n) is 2.89. The first kappa shape index (κ1) is 42.0. The molecule has 216 valence electrons. The van der Waals surface area contributed by atoms with Crippen molar-refractivity contribution in [3.05, 3.63) is 0 Å². The van der Waals surface area contributed by atoms with E-state index in [1.807, 2.05) is 0 Å². The molecule has 0 aliphatic carbocycles. The molecule has 2 unspecified atom stereocenters. The number of carbonyl (C=O) groups excluding carboxylic acids is 4. The standard InChI is InChI=1S/2C10H20O2S.2C3H5OS.Sn/c2*1-8(2)6-4-3-5-7-9(13)10(11)12;2*1-2-3(4)5;/h2*8-9,13H,3-7H2,1-2H3,(H,11,12);2*1-2H2,(H,4,5);/q;;;;+2/p-2. The molecule has 0 radical (unpaired) electrons. The van der Waals surface area contributed by atoms with Crippen molar-refractivity contribution >= 4 is 93.8 Å². The maximum absolute atomic E-state index is 10.4. The van der Waals surface area contributed by atoms with Crippen LogP contribution in [0.25, 0.3) is 0 Å². The van der Waals surface area contributed by atoms with Gasteiger partial charge in [0.2, 0.25) is 0 Å². The molecule has 0 heterocycles. The Labute approximate surface area is 257 Å². The van der Waals surface area contributed by atoms with E-state index in [4.69, 9.17) is 0 Å². The number of carbonyl (C=O) groups is 4. The van der Waals surface area contributed by atoms with Crippen LogP contribution in [0.2, 0.25) is 8.87 Å². The second-order valence-electron chi connectivity index (χ2n) is 9.77. The van der Waals surface area contributed by atoms with Crippen LogP contribution >= 0.6 is 50.5 Å². The second kappa shape index (κ2) is 29.5. The van der Waals surface area contributed by atoms with Gasteiger partial charge in [0.05, 0.1) is 11.9 Å². The first-order valence-corrected chi connectivity index (χ1v) is 19.1. The number of thiol groups is 4. The fraction of sp³-hybridized carbons (Fsp3) is 0.846. The van der Waals surface area contributed by atoms with Crippen molar-refractivity contribution < 1.29 is 29.4 Å². The van der Waals surface area contributed by atoms with Crippen LogP contribution in [0, 0.1) is 11.8 Å². The van der Waals surface area contributed by atoms with Crippen LogP contribution in [0.1, 0.15) is 105 Å². The van der Waals surface area contributed by atoms with Gasteiger partial charge in [-0.15, -0.1) is 0 Å². The van der Waals surface area contributed by atoms with E-state index in [0.29, 0.717) is 25.7 Å². The number of rotatable bonds is 20. The van der Waals surface area contributed by atoms with Crippen LogP contribution in [-0.4, -0.2) is 53.8 Å². The third kappa shape index (κ3) is 41.1. The van der Waals surface area contributed by atoms with Crippen molar-refractivity contribution in [2.45, 2.75) is 124 Å². The zero-order valence-electron chi connectivity index (χ0n) is 22.9. The van der Waals surface area contributed by atoms with Gasteiger partial charge in [-0.3, -0.25) is 0 Å². The van der Waals surface area contributed by atoms with Crippen LogP contribution in [0.15, 0.2) is 0 Å². The third-order valence-electron chi connectivity index (χ3n) is 5.09. The molecule has 0 saturated carbocycles. The predicted octanol–water partition coefficient (Wildman–Crippen LogP) is 4.50. The maximum atomic E-state index is 10.4. The van der Waals surface area contributed by atoms with Crippen molar-refractivity contribution in [3.8, 4) is 0 Å². The summed E-state index contributed by atoms with van der Waals surface area (Å²) in [5.74, 6) is -0.611. The fourth-order valence-corrected chi connectivity index (χ4v) is 7.69. The van der Waals surface area contributed by atoms with Gasteiger partial charge >= 0.3 is 87.9 Å². The Bertz CT molecular complexity index is 556. The zero-order chi connectivity index (χ0) is 29.2. The van der Waals surface area contributed by atoms with Crippen LogP contribution in [-0.2, 0) is 19.2 Å². The molecule has 0 saturated heterocycles. The average Bonchev–Trinajstić information content (AvgIpc) is 2.78. The van der Waals surface area contributed by atoms with Gasteiger partial charge in [0, 0.05) is 10.5 Å². The number of hydrogen-bond acceptors (Lipinski definition) is 8. The van der Waals surface area contributed by atoms with Gasteiger partial charge in [-0.2, -0.15) is 25.3 Å². The molecule has 0 aliphatic heterocycles.